The second kappa shape index (κ2) is 5.89. The maximum absolute atomic E-state index is 9.24. The lowest BCUT2D eigenvalue weighted by Crippen LogP contribution is -2.05. The third kappa shape index (κ3) is 2.83. The highest BCUT2D eigenvalue weighted by Crippen LogP contribution is 2.23. The fraction of sp³-hybridized carbons (Fsp3) is 0.308. The lowest BCUT2D eigenvalue weighted by atomic mass is 10.2. The van der Waals surface area contributed by atoms with Crippen LogP contribution in [0.5, 0.6) is 5.75 Å². The van der Waals surface area contributed by atoms with Crippen LogP contribution in [0.15, 0.2) is 30.7 Å². The van der Waals surface area contributed by atoms with E-state index in [0.717, 1.165) is 12.2 Å². The molecule has 0 saturated carbocycles. The van der Waals surface area contributed by atoms with Crippen molar-refractivity contribution in [1.29, 1.82) is 0 Å². The Balaban J connectivity index is 2.10. The van der Waals surface area contributed by atoms with Crippen molar-refractivity contribution in [1.82, 2.24) is 9.55 Å². The summed E-state index contributed by atoms with van der Waals surface area (Å²) in [7, 11) is 0. The molecule has 0 unspecified atom stereocenters. The molecule has 0 atom stereocenters. The highest BCUT2D eigenvalue weighted by atomic mass is 35.5. The molecule has 0 radical (unpaired) electrons. The molecule has 18 heavy (non-hydrogen) atoms. The largest absolute Gasteiger partial charge is 0.487 e. The summed E-state index contributed by atoms with van der Waals surface area (Å²) in [6.45, 7) is 3.23. The van der Waals surface area contributed by atoms with Crippen LogP contribution in [0.4, 0.5) is 0 Å². The minimum Gasteiger partial charge on any atom is -0.487 e. The van der Waals surface area contributed by atoms with Gasteiger partial charge in [-0.3, -0.25) is 0 Å². The van der Waals surface area contributed by atoms with Crippen molar-refractivity contribution in [2.45, 2.75) is 26.7 Å². The van der Waals surface area contributed by atoms with Gasteiger partial charge < -0.3 is 14.4 Å². The van der Waals surface area contributed by atoms with Crippen LogP contribution in [-0.4, -0.2) is 14.7 Å². The first kappa shape index (κ1) is 12.9. The number of hydrogen-bond acceptors (Lipinski definition) is 3. The van der Waals surface area contributed by atoms with Gasteiger partial charge in [-0.2, -0.15) is 0 Å². The van der Waals surface area contributed by atoms with Crippen molar-refractivity contribution >= 4 is 11.6 Å². The predicted molar refractivity (Wildman–Crippen MR) is 69.6 cm³/mol. The van der Waals surface area contributed by atoms with Gasteiger partial charge in [0.25, 0.3) is 0 Å². The van der Waals surface area contributed by atoms with E-state index in [9.17, 15) is 5.11 Å². The molecular formula is C13H15ClN2O2. The average Bonchev–Trinajstić information content (AvgIpc) is 2.84. The molecule has 0 spiro atoms. The molecule has 0 aliphatic rings. The van der Waals surface area contributed by atoms with E-state index in [1.54, 1.807) is 30.7 Å². The SMILES string of the molecule is CCn1cncc1COc1ccc(Cl)cc1CO. The smallest absolute Gasteiger partial charge is 0.130 e. The summed E-state index contributed by atoms with van der Waals surface area (Å²) in [6.07, 6.45) is 3.55. The van der Waals surface area contributed by atoms with Gasteiger partial charge in [-0.15, -0.1) is 0 Å². The van der Waals surface area contributed by atoms with Crippen molar-refractivity contribution in [2.24, 2.45) is 0 Å². The fourth-order valence-corrected chi connectivity index (χ4v) is 1.91. The third-order valence-electron chi connectivity index (χ3n) is 2.71. The molecule has 0 amide bonds. The van der Waals surface area contributed by atoms with Crippen LogP contribution in [0.1, 0.15) is 18.2 Å². The molecule has 1 heterocycles. The number of aromatic nitrogens is 2. The Morgan fingerprint density at radius 2 is 2.28 bits per heavy atom. The van der Waals surface area contributed by atoms with Gasteiger partial charge in [0.05, 0.1) is 24.8 Å². The highest BCUT2D eigenvalue weighted by molar-refractivity contribution is 6.30. The third-order valence-corrected chi connectivity index (χ3v) is 2.94. The monoisotopic (exact) mass is 266 g/mol. The normalized spacial score (nSPS) is 10.6. The Bertz CT molecular complexity index is 525. The number of aryl methyl sites for hydroxylation is 1. The summed E-state index contributed by atoms with van der Waals surface area (Å²) in [6, 6.07) is 5.21. The first-order valence-electron chi connectivity index (χ1n) is 5.75. The number of ether oxygens (including phenoxy) is 1. The van der Waals surface area contributed by atoms with Crippen LogP contribution in [0.25, 0.3) is 0 Å². The van der Waals surface area contributed by atoms with Crippen LogP contribution in [0, 0.1) is 0 Å². The molecule has 2 rings (SSSR count). The van der Waals surface area contributed by atoms with Gasteiger partial charge in [0.2, 0.25) is 0 Å². The Morgan fingerprint density at radius 1 is 1.44 bits per heavy atom. The molecule has 1 aromatic heterocycles. The Kier molecular flexibility index (Phi) is 4.23. The van der Waals surface area contributed by atoms with Crippen molar-refractivity contribution in [3.63, 3.8) is 0 Å². The zero-order valence-corrected chi connectivity index (χ0v) is 10.9. The maximum atomic E-state index is 9.24. The van der Waals surface area contributed by atoms with Gasteiger partial charge in [0.15, 0.2) is 0 Å². The molecule has 0 saturated heterocycles. The van der Waals surface area contributed by atoms with E-state index in [-0.39, 0.29) is 6.61 Å². The molecule has 96 valence electrons. The number of aliphatic hydroxyl groups is 1. The quantitative estimate of drug-likeness (QED) is 0.905. The number of rotatable bonds is 5. The second-order valence-corrected chi connectivity index (χ2v) is 4.31. The highest BCUT2D eigenvalue weighted by Gasteiger charge is 2.06. The van der Waals surface area contributed by atoms with Crippen LogP contribution >= 0.6 is 11.6 Å². The van der Waals surface area contributed by atoms with E-state index in [4.69, 9.17) is 16.3 Å². The summed E-state index contributed by atoms with van der Waals surface area (Å²) in [5, 5.41) is 9.83. The van der Waals surface area contributed by atoms with Crippen LogP contribution in [0.3, 0.4) is 0 Å². The van der Waals surface area contributed by atoms with E-state index >= 15 is 0 Å². The number of nitrogens with zero attached hydrogens (tertiary/aromatic N) is 2. The predicted octanol–water partition coefficient (Wildman–Crippen LogP) is 2.63. The summed E-state index contributed by atoms with van der Waals surface area (Å²) in [5.41, 5.74) is 1.68. The fourth-order valence-electron chi connectivity index (χ4n) is 1.72. The molecule has 0 bridgehead atoms. The number of aliphatic hydroxyl groups excluding tert-OH is 1. The minimum atomic E-state index is -0.0943. The Labute approximate surface area is 111 Å². The molecule has 4 nitrogen and oxygen atoms in total. The van der Waals surface area contributed by atoms with Gasteiger partial charge in [-0.25, -0.2) is 4.98 Å². The summed E-state index contributed by atoms with van der Waals surface area (Å²) in [4.78, 5) is 4.07. The summed E-state index contributed by atoms with van der Waals surface area (Å²) < 4.78 is 7.70. The van der Waals surface area contributed by atoms with E-state index in [1.165, 1.54) is 0 Å². The first-order valence-corrected chi connectivity index (χ1v) is 6.13. The molecule has 1 aromatic carbocycles. The van der Waals surface area contributed by atoms with E-state index < -0.39 is 0 Å². The standard InChI is InChI=1S/C13H15ClN2O2/c1-2-16-9-15-6-12(16)8-18-13-4-3-11(14)5-10(13)7-17/h3-6,9,17H,2,7-8H2,1H3. The lowest BCUT2D eigenvalue weighted by Gasteiger charge is -2.11. The van der Waals surface area contributed by atoms with Crippen molar-refractivity contribution in [2.75, 3.05) is 0 Å². The topological polar surface area (TPSA) is 47.3 Å². The maximum Gasteiger partial charge on any atom is 0.130 e. The molecule has 5 heteroatoms. The molecule has 0 aliphatic heterocycles. The van der Waals surface area contributed by atoms with Gasteiger partial charge in [-0.05, 0) is 25.1 Å². The summed E-state index contributed by atoms with van der Waals surface area (Å²) in [5.74, 6) is 0.644. The number of imidazole rings is 1. The number of benzene rings is 1. The van der Waals surface area contributed by atoms with Crippen LogP contribution in [0.2, 0.25) is 5.02 Å². The number of hydrogen-bond donors (Lipinski definition) is 1. The van der Waals surface area contributed by atoms with Gasteiger partial charge in [0.1, 0.15) is 12.4 Å². The van der Waals surface area contributed by atoms with Gasteiger partial charge in [-0.1, -0.05) is 11.6 Å². The zero-order chi connectivity index (χ0) is 13.0. The average molecular weight is 267 g/mol. The van der Waals surface area contributed by atoms with Crippen molar-refractivity contribution in [3.8, 4) is 5.75 Å². The lowest BCUT2D eigenvalue weighted by molar-refractivity contribution is 0.255. The zero-order valence-electron chi connectivity index (χ0n) is 10.1. The first-order chi connectivity index (χ1) is 8.74. The summed E-state index contributed by atoms with van der Waals surface area (Å²) >= 11 is 5.86. The van der Waals surface area contributed by atoms with Gasteiger partial charge >= 0.3 is 0 Å². The molecule has 0 aliphatic carbocycles. The molecular weight excluding hydrogens is 252 g/mol. The van der Waals surface area contributed by atoms with Crippen LogP contribution in [-0.2, 0) is 19.8 Å². The van der Waals surface area contributed by atoms with E-state index in [0.29, 0.717) is 22.9 Å². The number of halogens is 1. The van der Waals surface area contributed by atoms with Crippen molar-refractivity contribution in [3.05, 3.63) is 47.0 Å². The van der Waals surface area contributed by atoms with E-state index in [1.807, 2.05) is 11.5 Å². The Morgan fingerprint density at radius 3 is 3.00 bits per heavy atom. The molecule has 0 fully saturated rings. The molecule has 2 aromatic rings. The van der Waals surface area contributed by atoms with Crippen molar-refractivity contribution < 1.29 is 9.84 Å². The van der Waals surface area contributed by atoms with E-state index in [2.05, 4.69) is 4.98 Å². The van der Waals surface area contributed by atoms with Gasteiger partial charge in [0, 0.05) is 17.1 Å². The Hall–Kier alpha value is -1.52. The minimum absolute atomic E-state index is 0.0943. The second-order valence-electron chi connectivity index (χ2n) is 3.87. The molecule has 1 N–H and O–H groups in total. The van der Waals surface area contributed by atoms with Crippen LogP contribution < -0.4 is 4.74 Å².